The van der Waals surface area contributed by atoms with Crippen molar-refractivity contribution < 1.29 is 14.3 Å². The third-order valence-electron chi connectivity index (χ3n) is 3.99. The van der Waals surface area contributed by atoms with E-state index in [1.165, 1.54) is 18.2 Å². The summed E-state index contributed by atoms with van der Waals surface area (Å²) in [6.07, 6.45) is 0. The molecule has 0 unspecified atom stereocenters. The van der Waals surface area contributed by atoms with E-state index < -0.39 is 5.97 Å². The first-order valence-corrected chi connectivity index (χ1v) is 9.24. The molecule has 0 radical (unpaired) electrons. The molecule has 2 aromatic rings. The Morgan fingerprint density at radius 3 is 2.59 bits per heavy atom. The number of thiocarbonyl (C=S) groups is 1. The zero-order valence-electron chi connectivity index (χ0n) is 15.8. The van der Waals surface area contributed by atoms with Gasteiger partial charge in [-0.2, -0.15) is 0 Å². The van der Waals surface area contributed by atoms with E-state index in [0.29, 0.717) is 28.0 Å². The predicted molar refractivity (Wildman–Crippen MR) is 113 cm³/mol. The van der Waals surface area contributed by atoms with Crippen LogP contribution in [-0.2, 0) is 4.74 Å². The average molecular weight is 407 g/mol. The van der Waals surface area contributed by atoms with Gasteiger partial charge in [-0.05, 0) is 74.4 Å². The van der Waals surface area contributed by atoms with Crippen molar-refractivity contribution in [2.75, 3.05) is 19.0 Å². The first kappa shape index (κ1) is 21.0. The van der Waals surface area contributed by atoms with Gasteiger partial charge in [0.1, 0.15) is 12.4 Å². The monoisotopic (exact) mass is 406 g/mol. The van der Waals surface area contributed by atoms with Gasteiger partial charge in [-0.25, -0.2) is 4.79 Å². The summed E-state index contributed by atoms with van der Waals surface area (Å²) in [6.45, 7) is 6.52. The molecule has 2 N–H and O–H groups in total. The molecule has 0 aliphatic rings. The highest BCUT2D eigenvalue weighted by Gasteiger charge is 2.11. The third kappa shape index (κ3) is 6.12. The zero-order chi connectivity index (χ0) is 20.0. The lowest BCUT2D eigenvalue weighted by atomic mass is 10.1. The predicted octanol–water partition coefficient (Wildman–Crippen LogP) is 4.50. The van der Waals surface area contributed by atoms with Crippen LogP contribution in [0.3, 0.4) is 0 Å². The summed E-state index contributed by atoms with van der Waals surface area (Å²) in [5.74, 6) is 0.378. The number of aryl methyl sites for hydroxylation is 2. The third-order valence-corrected chi connectivity index (χ3v) is 4.54. The van der Waals surface area contributed by atoms with Crippen LogP contribution in [0.2, 0.25) is 5.02 Å². The van der Waals surface area contributed by atoms with Gasteiger partial charge in [0.25, 0.3) is 0 Å². The van der Waals surface area contributed by atoms with Gasteiger partial charge in [-0.3, -0.25) is 0 Å². The zero-order valence-corrected chi connectivity index (χ0v) is 17.3. The smallest absolute Gasteiger partial charge is 0.337 e. The number of benzene rings is 2. The molecule has 0 aliphatic carbocycles. The SMILES string of the molecule is COC(=O)c1ccc(Cl)c(NC(=S)N[C@H](C)COc2ccc(C)c(C)c2)c1. The van der Waals surface area contributed by atoms with Crippen molar-refractivity contribution in [2.24, 2.45) is 0 Å². The van der Waals surface area contributed by atoms with Gasteiger partial charge in [0.2, 0.25) is 0 Å². The van der Waals surface area contributed by atoms with Crippen LogP contribution in [0, 0.1) is 13.8 Å². The van der Waals surface area contributed by atoms with Crippen LogP contribution in [0.1, 0.15) is 28.4 Å². The van der Waals surface area contributed by atoms with E-state index in [4.69, 9.17) is 33.3 Å². The Morgan fingerprint density at radius 2 is 1.93 bits per heavy atom. The lowest BCUT2D eigenvalue weighted by Crippen LogP contribution is -2.39. The average Bonchev–Trinajstić information content (AvgIpc) is 2.63. The van der Waals surface area contributed by atoms with Crippen LogP contribution in [0.5, 0.6) is 5.75 Å². The quantitative estimate of drug-likeness (QED) is 0.544. The summed E-state index contributed by atoms with van der Waals surface area (Å²) >= 11 is 11.5. The van der Waals surface area contributed by atoms with Crippen LogP contribution < -0.4 is 15.4 Å². The molecule has 0 aliphatic heterocycles. The van der Waals surface area contributed by atoms with Crippen LogP contribution in [0.4, 0.5) is 5.69 Å². The summed E-state index contributed by atoms with van der Waals surface area (Å²) < 4.78 is 10.5. The second-order valence-corrected chi connectivity index (χ2v) is 7.06. The van der Waals surface area contributed by atoms with Crippen molar-refractivity contribution in [1.82, 2.24) is 5.32 Å². The van der Waals surface area contributed by atoms with Crippen LogP contribution in [-0.4, -0.2) is 30.8 Å². The summed E-state index contributed by atoms with van der Waals surface area (Å²) in [7, 11) is 1.33. The molecule has 0 saturated carbocycles. The van der Waals surface area contributed by atoms with Gasteiger partial charge >= 0.3 is 5.97 Å². The number of nitrogens with one attached hydrogen (secondary N) is 2. The Balaban J connectivity index is 1.91. The molecule has 2 rings (SSSR count). The highest BCUT2D eigenvalue weighted by Crippen LogP contribution is 2.23. The molecule has 0 aromatic heterocycles. The maximum Gasteiger partial charge on any atom is 0.337 e. The molecule has 144 valence electrons. The minimum absolute atomic E-state index is 0.0332. The van der Waals surface area contributed by atoms with E-state index in [2.05, 4.69) is 24.5 Å². The number of hydrogen-bond donors (Lipinski definition) is 2. The number of hydrogen-bond acceptors (Lipinski definition) is 4. The number of anilines is 1. The number of carbonyl (C=O) groups is 1. The Kier molecular flexibility index (Phi) is 7.45. The summed E-state index contributed by atoms with van der Waals surface area (Å²) in [5.41, 5.74) is 3.33. The van der Waals surface area contributed by atoms with E-state index in [-0.39, 0.29) is 6.04 Å². The Labute approximate surface area is 170 Å². The molecule has 1 atom stereocenters. The number of methoxy groups -OCH3 is 1. The van der Waals surface area contributed by atoms with E-state index in [1.54, 1.807) is 18.2 Å². The molecule has 0 heterocycles. The van der Waals surface area contributed by atoms with Crippen molar-refractivity contribution in [2.45, 2.75) is 26.8 Å². The molecule has 5 nitrogen and oxygen atoms in total. The van der Waals surface area contributed by atoms with Crippen molar-refractivity contribution in [3.63, 3.8) is 0 Å². The normalized spacial score (nSPS) is 11.4. The molecule has 0 fully saturated rings. The Bertz CT molecular complexity index is 842. The van der Waals surface area contributed by atoms with Crippen LogP contribution >= 0.6 is 23.8 Å². The fourth-order valence-corrected chi connectivity index (χ4v) is 2.79. The van der Waals surface area contributed by atoms with Gasteiger partial charge in [-0.1, -0.05) is 17.7 Å². The fraction of sp³-hybridized carbons (Fsp3) is 0.300. The van der Waals surface area contributed by atoms with Gasteiger partial charge < -0.3 is 20.1 Å². The number of carbonyl (C=O) groups excluding carboxylic acids is 1. The number of rotatable bonds is 6. The molecule has 0 saturated heterocycles. The summed E-state index contributed by atoms with van der Waals surface area (Å²) in [4.78, 5) is 11.6. The molecule has 0 amide bonds. The van der Waals surface area contributed by atoms with Crippen LogP contribution in [0.25, 0.3) is 0 Å². The second kappa shape index (κ2) is 9.58. The first-order chi connectivity index (χ1) is 12.8. The van der Waals surface area contributed by atoms with Crippen LogP contribution in [0.15, 0.2) is 36.4 Å². The second-order valence-electron chi connectivity index (χ2n) is 6.24. The highest BCUT2D eigenvalue weighted by atomic mass is 35.5. The highest BCUT2D eigenvalue weighted by molar-refractivity contribution is 7.80. The Hall–Kier alpha value is -2.31. The van der Waals surface area contributed by atoms with Crippen molar-refractivity contribution in [1.29, 1.82) is 0 Å². The molecule has 2 aromatic carbocycles. The topological polar surface area (TPSA) is 59.6 Å². The minimum Gasteiger partial charge on any atom is -0.491 e. The largest absolute Gasteiger partial charge is 0.491 e. The first-order valence-electron chi connectivity index (χ1n) is 8.45. The van der Waals surface area contributed by atoms with E-state index >= 15 is 0 Å². The molecule has 0 spiro atoms. The van der Waals surface area contributed by atoms with Gasteiger partial charge in [-0.15, -0.1) is 0 Å². The standard InChI is InChI=1S/C20H23ClN2O3S/c1-12-5-7-16(9-13(12)2)26-11-14(3)22-20(27)23-18-10-15(19(24)25-4)6-8-17(18)21/h5-10,14H,11H2,1-4H3,(H2,22,23,27)/t14-/m1/s1. The lowest BCUT2D eigenvalue weighted by Gasteiger charge is -2.18. The Morgan fingerprint density at radius 1 is 1.19 bits per heavy atom. The summed E-state index contributed by atoms with van der Waals surface area (Å²) in [5, 5.41) is 6.97. The molecular weight excluding hydrogens is 384 g/mol. The molecule has 27 heavy (non-hydrogen) atoms. The van der Waals surface area contributed by atoms with Crippen molar-refractivity contribution in [3.8, 4) is 5.75 Å². The molecular formula is C20H23ClN2O3S. The number of esters is 1. The number of halogens is 1. The van der Waals surface area contributed by atoms with Gasteiger partial charge in [0.05, 0.1) is 29.4 Å². The van der Waals surface area contributed by atoms with Crippen molar-refractivity contribution >= 4 is 40.6 Å². The maximum atomic E-state index is 11.6. The molecule has 7 heteroatoms. The molecule has 0 bridgehead atoms. The van der Waals surface area contributed by atoms with E-state index in [9.17, 15) is 4.79 Å². The summed E-state index contributed by atoms with van der Waals surface area (Å²) in [6, 6.07) is 10.8. The maximum absolute atomic E-state index is 11.6. The van der Waals surface area contributed by atoms with Gasteiger partial charge in [0.15, 0.2) is 5.11 Å². The fourth-order valence-electron chi connectivity index (χ4n) is 2.31. The van der Waals surface area contributed by atoms with Gasteiger partial charge in [0, 0.05) is 0 Å². The van der Waals surface area contributed by atoms with E-state index in [0.717, 1.165) is 5.75 Å². The number of ether oxygens (including phenoxy) is 2. The lowest BCUT2D eigenvalue weighted by molar-refractivity contribution is 0.0601. The van der Waals surface area contributed by atoms with Crippen molar-refractivity contribution in [3.05, 3.63) is 58.1 Å². The minimum atomic E-state index is -0.441. The van der Waals surface area contributed by atoms with E-state index in [1.807, 2.05) is 25.1 Å².